The second-order valence-corrected chi connectivity index (χ2v) is 6.05. The first-order valence-electron chi connectivity index (χ1n) is 5.44. The molecule has 1 aliphatic heterocycles. The molecule has 8 heteroatoms. The number of hydrogen-bond donors (Lipinski definition) is 1. The number of sulfonamides is 1. The lowest BCUT2D eigenvalue weighted by atomic mass is 10.3. The summed E-state index contributed by atoms with van der Waals surface area (Å²) in [6.07, 6.45) is 0. The van der Waals surface area contributed by atoms with Crippen molar-refractivity contribution in [3.63, 3.8) is 0 Å². The summed E-state index contributed by atoms with van der Waals surface area (Å²) in [6, 6.07) is 3.00. The van der Waals surface area contributed by atoms with Crippen LogP contribution in [0.3, 0.4) is 0 Å². The molecular formula is C11H13NO6S. The minimum Gasteiger partial charge on any atom is -0.480 e. The molecule has 1 N–H and O–H groups in total. The van der Waals surface area contributed by atoms with Gasteiger partial charge in [-0.05, 0) is 19.1 Å². The van der Waals surface area contributed by atoms with Crippen LogP contribution in [0.2, 0.25) is 0 Å². The highest BCUT2D eigenvalue weighted by molar-refractivity contribution is 7.89. The summed E-state index contributed by atoms with van der Waals surface area (Å²) in [6.45, 7) is 1.34. The molecule has 0 saturated carbocycles. The molecule has 0 aromatic heterocycles. The summed E-state index contributed by atoms with van der Waals surface area (Å²) < 4.78 is 35.5. The van der Waals surface area contributed by atoms with Crippen molar-refractivity contribution >= 4 is 16.0 Å². The lowest BCUT2D eigenvalue weighted by molar-refractivity contribution is -0.140. The first-order valence-corrected chi connectivity index (χ1v) is 6.88. The van der Waals surface area contributed by atoms with Crippen molar-refractivity contribution in [3.8, 4) is 11.5 Å². The van der Waals surface area contributed by atoms with Crippen LogP contribution in [0.1, 0.15) is 6.92 Å². The lowest BCUT2D eigenvalue weighted by Crippen LogP contribution is -2.40. The summed E-state index contributed by atoms with van der Waals surface area (Å²) >= 11 is 0. The van der Waals surface area contributed by atoms with Gasteiger partial charge < -0.3 is 14.6 Å². The van der Waals surface area contributed by atoms with Gasteiger partial charge in [0.15, 0.2) is 11.5 Å². The van der Waals surface area contributed by atoms with Gasteiger partial charge in [0, 0.05) is 13.1 Å². The van der Waals surface area contributed by atoms with Crippen LogP contribution in [0.4, 0.5) is 0 Å². The third kappa shape index (κ3) is 2.36. The number of fused-ring (bicyclic) bond motifs is 1. The maximum atomic E-state index is 12.2. The first kappa shape index (κ1) is 13.6. The van der Waals surface area contributed by atoms with E-state index in [1.165, 1.54) is 32.2 Å². The van der Waals surface area contributed by atoms with Gasteiger partial charge in [0.05, 0.1) is 4.90 Å². The van der Waals surface area contributed by atoms with Crippen molar-refractivity contribution in [2.75, 3.05) is 13.8 Å². The summed E-state index contributed by atoms with van der Waals surface area (Å²) in [7, 11) is -2.67. The summed E-state index contributed by atoms with van der Waals surface area (Å²) in [5.74, 6) is -0.419. The average molecular weight is 287 g/mol. The molecule has 1 aliphatic rings. The summed E-state index contributed by atoms with van der Waals surface area (Å²) in [5, 5.41) is 8.87. The summed E-state index contributed by atoms with van der Waals surface area (Å²) in [5.41, 5.74) is 0. The van der Waals surface area contributed by atoms with Crippen LogP contribution in [0.5, 0.6) is 11.5 Å². The van der Waals surface area contributed by atoms with Crippen molar-refractivity contribution in [2.45, 2.75) is 17.9 Å². The standard InChI is InChI=1S/C11H13NO6S/c1-7(11(13)14)12(2)19(15,16)8-3-4-9-10(5-8)18-6-17-9/h3-5,7H,6H2,1-2H3,(H,13,14). The minimum atomic E-state index is -3.89. The highest BCUT2D eigenvalue weighted by atomic mass is 32.2. The van der Waals surface area contributed by atoms with Crippen LogP contribution in [-0.4, -0.2) is 43.7 Å². The predicted octanol–water partition coefficient (Wildman–Crippen LogP) is 0.509. The number of hydrogen-bond acceptors (Lipinski definition) is 5. The van der Waals surface area contributed by atoms with E-state index in [0.717, 1.165) is 4.31 Å². The molecule has 0 amide bonds. The smallest absolute Gasteiger partial charge is 0.321 e. The van der Waals surface area contributed by atoms with E-state index in [-0.39, 0.29) is 11.7 Å². The van der Waals surface area contributed by atoms with Crippen LogP contribution in [-0.2, 0) is 14.8 Å². The van der Waals surface area contributed by atoms with E-state index in [1.54, 1.807) is 0 Å². The second kappa shape index (κ2) is 4.71. The molecule has 19 heavy (non-hydrogen) atoms. The van der Waals surface area contributed by atoms with E-state index in [9.17, 15) is 13.2 Å². The molecule has 1 heterocycles. The predicted molar refractivity (Wildman–Crippen MR) is 64.6 cm³/mol. The van der Waals surface area contributed by atoms with Gasteiger partial charge >= 0.3 is 5.97 Å². The number of nitrogens with zero attached hydrogens (tertiary/aromatic N) is 1. The molecule has 0 spiro atoms. The zero-order valence-electron chi connectivity index (χ0n) is 10.4. The number of likely N-dealkylation sites (N-methyl/N-ethyl adjacent to an activating group) is 1. The Bertz CT molecular complexity index is 612. The molecule has 1 unspecified atom stereocenters. The van der Waals surface area contributed by atoms with E-state index in [0.29, 0.717) is 11.5 Å². The minimum absolute atomic E-state index is 0.0349. The van der Waals surface area contributed by atoms with Crippen LogP contribution in [0.25, 0.3) is 0 Å². The highest BCUT2D eigenvalue weighted by Gasteiger charge is 2.30. The van der Waals surface area contributed by atoms with E-state index in [2.05, 4.69) is 0 Å². The molecular weight excluding hydrogens is 274 g/mol. The SMILES string of the molecule is CC(C(=O)O)N(C)S(=O)(=O)c1ccc2c(c1)OCO2. The van der Waals surface area contributed by atoms with Crippen molar-refractivity contribution in [2.24, 2.45) is 0 Å². The fraction of sp³-hybridized carbons (Fsp3) is 0.364. The van der Waals surface area contributed by atoms with Gasteiger partial charge in [-0.2, -0.15) is 4.31 Å². The number of carboxylic acids is 1. The number of rotatable bonds is 4. The van der Waals surface area contributed by atoms with Gasteiger partial charge in [0.2, 0.25) is 16.8 Å². The highest BCUT2D eigenvalue weighted by Crippen LogP contribution is 2.34. The molecule has 0 saturated heterocycles. The Morgan fingerprint density at radius 3 is 2.63 bits per heavy atom. The van der Waals surface area contributed by atoms with Gasteiger partial charge in [-0.25, -0.2) is 8.42 Å². The van der Waals surface area contributed by atoms with E-state index in [4.69, 9.17) is 14.6 Å². The molecule has 1 aromatic rings. The van der Waals surface area contributed by atoms with E-state index < -0.39 is 22.0 Å². The van der Waals surface area contributed by atoms with E-state index >= 15 is 0 Å². The molecule has 1 aromatic carbocycles. The Balaban J connectivity index is 2.37. The maximum Gasteiger partial charge on any atom is 0.321 e. The molecule has 2 rings (SSSR count). The topological polar surface area (TPSA) is 93.1 Å². The molecule has 1 atom stereocenters. The Labute approximate surface area is 110 Å². The molecule has 0 fully saturated rings. The van der Waals surface area contributed by atoms with Crippen LogP contribution in [0, 0.1) is 0 Å². The van der Waals surface area contributed by atoms with Crippen LogP contribution >= 0.6 is 0 Å². The summed E-state index contributed by atoms with van der Waals surface area (Å²) in [4.78, 5) is 10.8. The van der Waals surface area contributed by atoms with Gasteiger partial charge in [0.25, 0.3) is 0 Å². The van der Waals surface area contributed by atoms with Crippen molar-refractivity contribution in [1.29, 1.82) is 0 Å². The second-order valence-electron chi connectivity index (χ2n) is 4.05. The van der Waals surface area contributed by atoms with Crippen molar-refractivity contribution in [3.05, 3.63) is 18.2 Å². The quantitative estimate of drug-likeness (QED) is 0.867. The van der Waals surface area contributed by atoms with Gasteiger partial charge in [0.1, 0.15) is 6.04 Å². The van der Waals surface area contributed by atoms with Gasteiger partial charge in [-0.3, -0.25) is 4.79 Å². The Kier molecular flexibility index (Phi) is 3.38. The zero-order valence-corrected chi connectivity index (χ0v) is 11.2. The average Bonchev–Trinajstić information content (AvgIpc) is 2.83. The number of ether oxygens (including phenoxy) is 2. The molecule has 104 valence electrons. The first-order chi connectivity index (χ1) is 8.84. The Hall–Kier alpha value is -1.80. The monoisotopic (exact) mass is 287 g/mol. The van der Waals surface area contributed by atoms with Crippen LogP contribution in [0.15, 0.2) is 23.1 Å². The largest absolute Gasteiger partial charge is 0.480 e. The third-order valence-electron chi connectivity index (χ3n) is 2.92. The lowest BCUT2D eigenvalue weighted by Gasteiger charge is -2.21. The molecule has 0 radical (unpaired) electrons. The fourth-order valence-electron chi connectivity index (χ4n) is 1.57. The van der Waals surface area contributed by atoms with E-state index in [1.807, 2.05) is 0 Å². The fourth-order valence-corrected chi connectivity index (χ4v) is 2.90. The van der Waals surface area contributed by atoms with Gasteiger partial charge in [-0.1, -0.05) is 0 Å². The molecule has 0 bridgehead atoms. The zero-order chi connectivity index (χ0) is 14.2. The number of aliphatic carboxylic acids is 1. The number of benzene rings is 1. The van der Waals surface area contributed by atoms with Gasteiger partial charge in [-0.15, -0.1) is 0 Å². The number of carboxylic acid groups (broad SMARTS) is 1. The molecule has 7 nitrogen and oxygen atoms in total. The Morgan fingerprint density at radius 2 is 2.00 bits per heavy atom. The third-order valence-corrected chi connectivity index (χ3v) is 4.85. The number of carbonyl (C=O) groups is 1. The Morgan fingerprint density at radius 1 is 1.37 bits per heavy atom. The normalized spacial score (nSPS) is 15.5. The maximum absolute atomic E-state index is 12.2. The van der Waals surface area contributed by atoms with Crippen molar-refractivity contribution in [1.82, 2.24) is 4.31 Å². The van der Waals surface area contributed by atoms with Crippen LogP contribution < -0.4 is 9.47 Å². The van der Waals surface area contributed by atoms with Crippen molar-refractivity contribution < 1.29 is 27.8 Å². The molecule has 0 aliphatic carbocycles.